The van der Waals surface area contributed by atoms with Gasteiger partial charge in [0.1, 0.15) is 5.75 Å². The maximum atomic E-state index is 10.1. The molecule has 4 fully saturated rings. The van der Waals surface area contributed by atoms with E-state index in [2.05, 4.69) is 18.2 Å². The van der Waals surface area contributed by atoms with Gasteiger partial charge in [0.15, 0.2) is 0 Å². The Kier molecular flexibility index (Phi) is 2.61. The normalized spacial score (nSPS) is 41.4. The second-order valence-electron chi connectivity index (χ2n) is 7.02. The first kappa shape index (κ1) is 12.3. The molecule has 0 N–H and O–H groups in total. The Bertz CT molecular complexity index is 543. The molecule has 4 aliphatic rings. The summed E-state index contributed by atoms with van der Waals surface area (Å²) in [5.74, 6) is 3.80. The lowest BCUT2D eigenvalue weighted by Crippen LogP contribution is -2.54. The monoisotopic (exact) mass is 267 g/mol. The molecule has 0 spiro atoms. The van der Waals surface area contributed by atoms with Crippen molar-refractivity contribution in [2.24, 2.45) is 23.7 Å². The molecule has 5 rings (SSSR count). The summed E-state index contributed by atoms with van der Waals surface area (Å²) in [4.78, 5) is 0. The quantitative estimate of drug-likeness (QED) is 0.813. The average molecular weight is 267 g/mol. The van der Waals surface area contributed by atoms with Gasteiger partial charge in [0.2, 0.25) is 0 Å². The summed E-state index contributed by atoms with van der Waals surface area (Å²) >= 11 is 0. The van der Waals surface area contributed by atoms with Crippen LogP contribution in [0.15, 0.2) is 24.3 Å². The van der Waals surface area contributed by atoms with E-state index >= 15 is 0 Å². The van der Waals surface area contributed by atoms with E-state index in [9.17, 15) is 5.26 Å². The van der Waals surface area contributed by atoms with Gasteiger partial charge in [0, 0.05) is 0 Å². The lowest BCUT2D eigenvalue weighted by molar-refractivity contribution is -0.0348. The molecule has 0 saturated heterocycles. The molecule has 0 atom stereocenters. The molecule has 4 saturated carbocycles. The Hall–Kier alpha value is -1.49. The van der Waals surface area contributed by atoms with Gasteiger partial charge in [-0.1, -0.05) is 12.1 Å². The molecule has 4 bridgehead atoms. The van der Waals surface area contributed by atoms with Gasteiger partial charge < -0.3 is 4.74 Å². The van der Waals surface area contributed by atoms with Crippen LogP contribution in [0.5, 0.6) is 5.75 Å². The summed E-state index contributed by atoms with van der Waals surface area (Å²) < 4.78 is 5.38. The average Bonchev–Trinajstić information content (AvgIpc) is 2.47. The Morgan fingerprint density at radius 1 is 1.10 bits per heavy atom. The number of hydrogen-bond acceptors (Lipinski definition) is 2. The maximum Gasteiger partial charge on any atom is 0.119 e. The Morgan fingerprint density at radius 3 is 2.30 bits per heavy atom. The van der Waals surface area contributed by atoms with Crippen molar-refractivity contribution in [2.75, 3.05) is 7.11 Å². The number of rotatable bonds is 2. The van der Waals surface area contributed by atoms with Crippen molar-refractivity contribution in [1.82, 2.24) is 0 Å². The van der Waals surface area contributed by atoms with E-state index in [0.29, 0.717) is 11.8 Å². The molecule has 2 nitrogen and oxygen atoms in total. The molecular weight excluding hydrogens is 246 g/mol. The van der Waals surface area contributed by atoms with Crippen molar-refractivity contribution in [3.63, 3.8) is 0 Å². The van der Waals surface area contributed by atoms with Crippen molar-refractivity contribution >= 4 is 0 Å². The lowest BCUT2D eigenvalue weighted by atomic mass is 9.44. The Morgan fingerprint density at radius 2 is 1.75 bits per heavy atom. The Balaban J connectivity index is 1.82. The van der Waals surface area contributed by atoms with Gasteiger partial charge in [0.25, 0.3) is 0 Å². The third-order valence-electron chi connectivity index (χ3n) is 6.16. The van der Waals surface area contributed by atoms with Crippen molar-refractivity contribution in [1.29, 1.82) is 5.26 Å². The van der Waals surface area contributed by atoms with E-state index < -0.39 is 0 Å². The lowest BCUT2D eigenvalue weighted by Gasteiger charge is -2.58. The summed E-state index contributed by atoms with van der Waals surface area (Å²) in [6, 6.07) is 11.0. The molecule has 0 heterocycles. The SMILES string of the molecule is COc1cccc(C2(C#N)C3CC4CC(C3)CC2C4)c1. The van der Waals surface area contributed by atoms with E-state index in [-0.39, 0.29) is 5.41 Å². The highest BCUT2D eigenvalue weighted by Gasteiger charge is 2.58. The number of nitrogens with zero attached hydrogens (tertiary/aromatic N) is 1. The van der Waals surface area contributed by atoms with Gasteiger partial charge in [-0.2, -0.15) is 5.26 Å². The molecule has 2 heteroatoms. The molecule has 0 aliphatic heterocycles. The third kappa shape index (κ3) is 1.50. The number of methoxy groups -OCH3 is 1. The van der Waals surface area contributed by atoms with Crippen LogP contribution in [-0.4, -0.2) is 7.11 Å². The molecular formula is C18H21NO. The third-order valence-corrected chi connectivity index (χ3v) is 6.16. The molecule has 0 unspecified atom stereocenters. The van der Waals surface area contributed by atoms with Crippen LogP contribution in [0.4, 0.5) is 0 Å². The summed E-state index contributed by atoms with van der Waals surface area (Å²) in [6.07, 6.45) is 6.47. The molecule has 1 aromatic rings. The van der Waals surface area contributed by atoms with E-state index in [4.69, 9.17) is 4.74 Å². The molecule has 20 heavy (non-hydrogen) atoms. The predicted molar refractivity (Wildman–Crippen MR) is 77.3 cm³/mol. The maximum absolute atomic E-state index is 10.1. The summed E-state index contributed by atoms with van der Waals surface area (Å²) in [6.45, 7) is 0. The zero-order valence-electron chi connectivity index (χ0n) is 12.0. The molecule has 0 amide bonds. The molecule has 1 aromatic carbocycles. The van der Waals surface area contributed by atoms with Crippen LogP contribution in [0.3, 0.4) is 0 Å². The zero-order valence-corrected chi connectivity index (χ0v) is 12.0. The van der Waals surface area contributed by atoms with Crippen molar-refractivity contribution in [3.05, 3.63) is 29.8 Å². The van der Waals surface area contributed by atoms with Gasteiger partial charge in [-0.25, -0.2) is 0 Å². The summed E-state index contributed by atoms with van der Waals surface area (Å²) in [5.41, 5.74) is 0.954. The van der Waals surface area contributed by atoms with Crippen LogP contribution >= 0.6 is 0 Å². The minimum atomic E-state index is -0.248. The van der Waals surface area contributed by atoms with Gasteiger partial charge >= 0.3 is 0 Å². The first-order chi connectivity index (χ1) is 9.76. The smallest absolute Gasteiger partial charge is 0.119 e. The second-order valence-corrected chi connectivity index (χ2v) is 7.02. The van der Waals surface area contributed by atoms with Crippen LogP contribution in [0.2, 0.25) is 0 Å². The van der Waals surface area contributed by atoms with E-state index in [1.807, 2.05) is 12.1 Å². The van der Waals surface area contributed by atoms with E-state index in [1.165, 1.54) is 37.7 Å². The van der Waals surface area contributed by atoms with E-state index in [0.717, 1.165) is 17.6 Å². The Labute approximate surface area is 120 Å². The molecule has 4 aliphatic carbocycles. The molecule has 0 radical (unpaired) electrons. The van der Waals surface area contributed by atoms with Crippen LogP contribution in [-0.2, 0) is 5.41 Å². The standard InChI is InChI=1S/C18H21NO/c1-20-17-4-2-3-14(10-17)18(11-19)15-6-12-5-13(8-15)9-16(18)7-12/h2-4,10,12-13,15-16H,5-9H2,1H3. The highest BCUT2D eigenvalue weighted by Crippen LogP contribution is 2.62. The summed E-state index contributed by atoms with van der Waals surface area (Å²) in [7, 11) is 1.70. The first-order valence-electron chi connectivity index (χ1n) is 7.82. The van der Waals surface area contributed by atoms with Crippen molar-refractivity contribution in [3.8, 4) is 11.8 Å². The topological polar surface area (TPSA) is 33.0 Å². The van der Waals surface area contributed by atoms with Crippen LogP contribution in [0.1, 0.15) is 37.7 Å². The summed E-state index contributed by atoms with van der Waals surface area (Å²) in [5, 5.41) is 10.1. The van der Waals surface area contributed by atoms with Gasteiger partial charge in [-0.3, -0.25) is 0 Å². The van der Waals surface area contributed by atoms with Gasteiger partial charge in [0.05, 0.1) is 18.6 Å². The fraction of sp³-hybridized carbons (Fsp3) is 0.611. The molecule has 104 valence electrons. The van der Waals surface area contributed by atoms with Crippen molar-refractivity contribution < 1.29 is 4.74 Å². The highest BCUT2D eigenvalue weighted by molar-refractivity contribution is 5.42. The largest absolute Gasteiger partial charge is 0.497 e. The minimum Gasteiger partial charge on any atom is -0.497 e. The fourth-order valence-electron chi connectivity index (χ4n) is 5.53. The highest BCUT2D eigenvalue weighted by atomic mass is 16.5. The number of hydrogen-bond donors (Lipinski definition) is 0. The van der Waals surface area contributed by atoms with Crippen LogP contribution < -0.4 is 4.74 Å². The minimum absolute atomic E-state index is 0.248. The van der Waals surface area contributed by atoms with Gasteiger partial charge in [-0.05, 0) is 73.5 Å². The first-order valence-corrected chi connectivity index (χ1v) is 7.82. The number of benzene rings is 1. The van der Waals surface area contributed by atoms with Gasteiger partial charge in [-0.15, -0.1) is 0 Å². The molecule has 0 aromatic heterocycles. The van der Waals surface area contributed by atoms with Crippen LogP contribution in [0, 0.1) is 35.0 Å². The number of nitriles is 1. The van der Waals surface area contributed by atoms with Crippen LogP contribution in [0.25, 0.3) is 0 Å². The predicted octanol–water partition coefficient (Wildman–Crippen LogP) is 3.91. The number of ether oxygens (including phenoxy) is 1. The van der Waals surface area contributed by atoms with Crippen molar-refractivity contribution in [2.45, 2.75) is 37.5 Å². The fourth-order valence-corrected chi connectivity index (χ4v) is 5.53. The van der Waals surface area contributed by atoms with E-state index in [1.54, 1.807) is 7.11 Å². The second kappa shape index (κ2) is 4.25. The zero-order chi connectivity index (χ0) is 13.7.